The lowest BCUT2D eigenvalue weighted by molar-refractivity contribution is -0.368. The van der Waals surface area contributed by atoms with Gasteiger partial charge in [0.25, 0.3) is 0 Å². The zero-order chi connectivity index (χ0) is 5.70. The van der Waals surface area contributed by atoms with E-state index in [1.165, 1.54) is 6.21 Å². The van der Waals surface area contributed by atoms with Crippen molar-refractivity contribution in [2.75, 3.05) is 0 Å². The lowest BCUT2D eigenvalue weighted by Gasteiger charge is -1.91. The van der Waals surface area contributed by atoms with Crippen LogP contribution in [-0.4, -0.2) is 6.21 Å². The second-order valence-corrected chi connectivity index (χ2v) is 1.95. The summed E-state index contributed by atoms with van der Waals surface area (Å²) in [4.78, 5) is 0. The summed E-state index contributed by atoms with van der Waals surface area (Å²) in [5, 5.41) is 11.3. The molecule has 0 bridgehead atoms. The Morgan fingerprint density at radius 2 is 2.29 bits per heavy atom. The molecule has 0 aromatic heterocycles. The van der Waals surface area contributed by atoms with E-state index in [0.29, 0.717) is 5.92 Å². The van der Waals surface area contributed by atoms with E-state index >= 15 is 0 Å². The first-order chi connectivity index (χ1) is 3.27. The second-order valence-electron chi connectivity index (χ2n) is 1.95. The molecule has 0 rings (SSSR count). The maximum absolute atomic E-state index is 9.53. The number of rotatable bonds is 2. The SMILES string of the molecule is CC(C)CC=[NH+][O-]. The van der Waals surface area contributed by atoms with E-state index in [1.54, 1.807) is 5.16 Å². The molecule has 7 heavy (non-hydrogen) atoms. The molecule has 0 heterocycles. The third kappa shape index (κ3) is 5.47. The first kappa shape index (κ1) is 6.47. The van der Waals surface area contributed by atoms with Crippen molar-refractivity contribution in [2.45, 2.75) is 20.3 Å². The maximum Gasteiger partial charge on any atom is 0.149 e. The van der Waals surface area contributed by atoms with Gasteiger partial charge in [-0.05, 0) is 5.92 Å². The van der Waals surface area contributed by atoms with Gasteiger partial charge in [0, 0.05) is 6.42 Å². The van der Waals surface area contributed by atoms with Crippen LogP contribution in [-0.2, 0) is 0 Å². The van der Waals surface area contributed by atoms with E-state index in [9.17, 15) is 5.21 Å². The van der Waals surface area contributed by atoms with Crippen LogP contribution in [0.5, 0.6) is 0 Å². The van der Waals surface area contributed by atoms with Gasteiger partial charge in [-0.1, -0.05) is 13.8 Å². The van der Waals surface area contributed by atoms with Crippen molar-refractivity contribution in [1.29, 1.82) is 0 Å². The van der Waals surface area contributed by atoms with Gasteiger partial charge in [-0.25, -0.2) is 5.16 Å². The summed E-state index contributed by atoms with van der Waals surface area (Å²) in [5.74, 6) is 0.585. The molecule has 2 nitrogen and oxygen atoms in total. The second kappa shape index (κ2) is 3.65. The fourth-order valence-corrected chi connectivity index (χ4v) is 0.284. The highest BCUT2D eigenvalue weighted by Crippen LogP contribution is 1.91. The topological polar surface area (TPSA) is 37.0 Å². The van der Waals surface area contributed by atoms with Gasteiger partial charge in [-0.2, -0.15) is 0 Å². The molecule has 0 fully saturated rings. The molecule has 0 amide bonds. The highest BCUT2D eigenvalue weighted by molar-refractivity contribution is 5.50. The van der Waals surface area contributed by atoms with Crippen molar-refractivity contribution in [2.24, 2.45) is 5.92 Å². The van der Waals surface area contributed by atoms with E-state index in [0.717, 1.165) is 6.42 Å². The van der Waals surface area contributed by atoms with E-state index in [2.05, 4.69) is 13.8 Å². The van der Waals surface area contributed by atoms with Crippen molar-refractivity contribution < 1.29 is 5.16 Å². The molecule has 0 unspecified atom stereocenters. The Bertz CT molecular complexity index is 59.1. The summed E-state index contributed by atoms with van der Waals surface area (Å²) in [6, 6.07) is 0. The Morgan fingerprint density at radius 3 is 2.43 bits per heavy atom. The molecule has 0 saturated heterocycles. The van der Waals surface area contributed by atoms with Gasteiger partial charge in [-0.15, -0.1) is 0 Å². The van der Waals surface area contributed by atoms with Gasteiger partial charge in [-0.3, -0.25) is 0 Å². The molecule has 0 spiro atoms. The van der Waals surface area contributed by atoms with Crippen LogP contribution >= 0.6 is 0 Å². The molecule has 0 saturated carbocycles. The third-order valence-corrected chi connectivity index (χ3v) is 0.673. The van der Waals surface area contributed by atoms with Crippen molar-refractivity contribution in [3.8, 4) is 0 Å². The lowest BCUT2D eigenvalue weighted by Crippen LogP contribution is -2.60. The zero-order valence-corrected chi connectivity index (χ0v) is 4.77. The molecule has 0 aliphatic carbocycles. The minimum absolute atomic E-state index is 0.585. The number of hydrogen-bond donors (Lipinski definition) is 1. The van der Waals surface area contributed by atoms with Crippen molar-refractivity contribution in [1.82, 2.24) is 0 Å². The molecule has 0 aliphatic rings. The summed E-state index contributed by atoms with van der Waals surface area (Å²) >= 11 is 0. The van der Waals surface area contributed by atoms with Gasteiger partial charge in [0.2, 0.25) is 0 Å². The Hall–Kier alpha value is -0.530. The van der Waals surface area contributed by atoms with Crippen LogP contribution in [0.4, 0.5) is 0 Å². The van der Waals surface area contributed by atoms with Gasteiger partial charge >= 0.3 is 0 Å². The van der Waals surface area contributed by atoms with Crippen molar-refractivity contribution >= 4 is 6.21 Å². The Labute approximate surface area is 43.8 Å². The van der Waals surface area contributed by atoms with Crippen LogP contribution in [0.1, 0.15) is 20.3 Å². The van der Waals surface area contributed by atoms with Crippen LogP contribution < -0.4 is 5.16 Å². The summed E-state index contributed by atoms with van der Waals surface area (Å²) in [6.07, 6.45) is 2.37. The van der Waals surface area contributed by atoms with Gasteiger partial charge in [0.05, 0.1) is 0 Å². The van der Waals surface area contributed by atoms with Gasteiger partial charge < -0.3 is 5.21 Å². The Balaban J connectivity index is 2.97. The average molecular weight is 101 g/mol. The van der Waals surface area contributed by atoms with Crippen LogP contribution in [0.25, 0.3) is 0 Å². The fourth-order valence-electron chi connectivity index (χ4n) is 0.284. The van der Waals surface area contributed by atoms with Crippen molar-refractivity contribution in [3.63, 3.8) is 0 Å². The lowest BCUT2D eigenvalue weighted by atomic mass is 10.2. The molecular weight excluding hydrogens is 90.1 g/mol. The molecular formula is C5H11NO. The summed E-state index contributed by atoms with van der Waals surface area (Å²) in [5.41, 5.74) is 0. The minimum atomic E-state index is 0.585. The minimum Gasteiger partial charge on any atom is -0.626 e. The van der Waals surface area contributed by atoms with E-state index < -0.39 is 0 Å². The normalized spacial score (nSPS) is 11.3. The summed E-state index contributed by atoms with van der Waals surface area (Å²) in [7, 11) is 0. The summed E-state index contributed by atoms with van der Waals surface area (Å²) in [6.45, 7) is 4.13. The predicted octanol–water partition coefficient (Wildman–Crippen LogP) is -0.318. The van der Waals surface area contributed by atoms with Crippen LogP contribution in [0.3, 0.4) is 0 Å². The first-order valence-electron chi connectivity index (χ1n) is 2.46. The van der Waals surface area contributed by atoms with Crippen LogP contribution in [0.2, 0.25) is 0 Å². The maximum atomic E-state index is 9.53. The summed E-state index contributed by atoms with van der Waals surface area (Å²) < 4.78 is 0. The molecule has 0 aromatic rings. The molecule has 42 valence electrons. The standard InChI is InChI=1S/C5H11NO/c1-5(2)3-4-6-7/h4-6H,3H2,1-2H3. The van der Waals surface area contributed by atoms with E-state index in [-0.39, 0.29) is 0 Å². The monoisotopic (exact) mass is 101 g/mol. The van der Waals surface area contributed by atoms with Gasteiger partial charge in [0.15, 0.2) is 0 Å². The fraction of sp³-hybridized carbons (Fsp3) is 0.800. The Morgan fingerprint density at radius 1 is 1.71 bits per heavy atom. The van der Waals surface area contributed by atoms with E-state index in [1.807, 2.05) is 0 Å². The van der Waals surface area contributed by atoms with Crippen LogP contribution in [0, 0.1) is 11.1 Å². The zero-order valence-electron chi connectivity index (χ0n) is 4.77. The smallest absolute Gasteiger partial charge is 0.149 e. The first-order valence-corrected chi connectivity index (χ1v) is 2.46. The largest absolute Gasteiger partial charge is 0.626 e. The third-order valence-electron chi connectivity index (χ3n) is 0.673. The molecule has 2 heteroatoms. The Kier molecular flexibility index (Phi) is 3.38. The highest BCUT2D eigenvalue weighted by Gasteiger charge is 1.87. The highest BCUT2D eigenvalue weighted by atomic mass is 16.4. The number of hydrogen-bond acceptors (Lipinski definition) is 1. The molecule has 1 N–H and O–H groups in total. The van der Waals surface area contributed by atoms with E-state index in [4.69, 9.17) is 0 Å². The molecule has 0 radical (unpaired) electrons. The average Bonchev–Trinajstić information content (AvgIpc) is 1.61. The molecule has 0 aromatic carbocycles. The number of nitrogens with one attached hydrogen (secondary N) is 1. The van der Waals surface area contributed by atoms with Crippen LogP contribution in [0.15, 0.2) is 0 Å². The molecule has 0 aliphatic heterocycles. The molecule has 0 atom stereocenters. The van der Waals surface area contributed by atoms with Gasteiger partial charge in [0.1, 0.15) is 6.21 Å². The van der Waals surface area contributed by atoms with Crippen molar-refractivity contribution in [3.05, 3.63) is 5.21 Å². The quantitative estimate of drug-likeness (QED) is 0.289. The predicted molar refractivity (Wildman–Crippen MR) is 29.8 cm³/mol.